The number of halogens is 2. The van der Waals surface area contributed by atoms with Gasteiger partial charge in [-0.15, -0.1) is 0 Å². The molecular weight excluding hydrogens is 307 g/mol. The van der Waals surface area contributed by atoms with Crippen molar-refractivity contribution in [2.75, 3.05) is 6.54 Å². The average Bonchev–Trinajstić information content (AvgIpc) is 2.26. The second-order valence-corrected chi connectivity index (χ2v) is 5.47. The van der Waals surface area contributed by atoms with Crippen LogP contribution in [0.3, 0.4) is 0 Å². The molecule has 1 aromatic heterocycles. The molecule has 6 heteroatoms. The lowest BCUT2D eigenvalue weighted by Crippen LogP contribution is -2.38. The van der Waals surface area contributed by atoms with E-state index in [1.54, 1.807) is 12.3 Å². The van der Waals surface area contributed by atoms with Crippen LogP contribution in [0.25, 0.3) is 0 Å². The van der Waals surface area contributed by atoms with Gasteiger partial charge < -0.3 is 10.4 Å². The minimum atomic E-state index is -0.231. The number of pyridine rings is 1. The molecule has 1 saturated carbocycles. The van der Waals surface area contributed by atoms with Crippen LogP contribution in [-0.4, -0.2) is 28.6 Å². The maximum absolute atomic E-state index is 11.8. The number of aliphatic hydroxyl groups excluding tert-OH is 1. The first-order chi connectivity index (χ1) is 8.06. The fourth-order valence-corrected chi connectivity index (χ4v) is 2.30. The summed E-state index contributed by atoms with van der Waals surface area (Å²) in [6.45, 7) is 0.568. The summed E-state index contributed by atoms with van der Waals surface area (Å²) in [5, 5.41) is 12.1. The fraction of sp³-hybridized carbons (Fsp3) is 0.455. The summed E-state index contributed by atoms with van der Waals surface area (Å²) in [6, 6.07) is 1.64. The van der Waals surface area contributed by atoms with Crippen LogP contribution in [0.2, 0.25) is 5.15 Å². The highest BCUT2D eigenvalue weighted by Crippen LogP contribution is 2.26. The van der Waals surface area contributed by atoms with Gasteiger partial charge in [0.1, 0.15) is 5.15 Å². The van der Waals surface area contributed by atoms with Gasteiger partial charge in [-0.25, -0.2) is 4.98 Å². The Bertz CT molecular complexity index is 435. The van der Waals surface area contributed by atoms with Crippen LogP contribution in [0.4, 0.5) is 0 Å². The topological polar surface area (TPSA) is 62.2 Å². The molecule has 0 atom stereocenters. The third-order valence-electron chi connectivity index (χ3n) is 2.81. The quantitative estimate of drug-likeness (QED) is 0.838. The fourth-order valence-electron chi connectivity index (χ4n) is 1.78. The van der Waals surface area contributed by atoms with Crippen molar-refractivity contribution in [1.82, 2.24) is 10.3 Å². The van der Waals surface area contributed by atoms with Gasteiger partial charge in [-0.05, 0) is 40.8 Å². The Kier molecular flexibility index (Phi) is 4.01. The molecular formula is C11H12BrClN2O2. The highest BCUT2D eigenvalue weighted by atomic mass is 79.9. The number of amides is 1. The van der Waals surface area contributed by atoms with Crippen molar-refractivity contribution in [3.8, 4) is 0 Å². The number of carbonyl (C=O) groups excluding carboxylic acids is 1. The van der Waals surface area contributed by atoms with Gasteiger partial charge in [0, 0.05) is 17.2 Å². The number of hydrogen-bond donors (Lipinski definition) is 2. The molecule has 1 fully saturated rings. The van der Waals surface area contributed by atoms with Crippen LogP contribution < -0.4 is 5.32 Å². The lowest BCUT2D eigenvalue weighted by Gasteiger charge is -2.31. The number of nitrogens with zero attached hydrogens (tertiary/aromatic N) is 1. The normalized spacial score (nSPS) is 23.0. The molecule has 1 aliphatic carbocycles. The Labute approximate surface area is 113 Å². The van der Waals surface area contributed by atoms with Gasteiger partial charge in [-0.1, -0.05) is 11.6 Å². The second-order valence-electron chi connectivity index (χ2n) is 4.19. The lowest BCUT2D eigenvalue weighted by molar-refractivity contribution is 0.0420. The van der Waals surface area contributed by atoms with Gasteiger partial charge in [-0.3, -0.25) is 4.79 Å². The van der Waals surface area contributed by atoms with Crippen molar-refractivity contribution < 1.29 is 9.90 Å². The van der Waals surface area contributed by atoms with E-state index in [-0.39, 0.29) is 17.2 Å². The third-order valence-corrected chi connectivity index (χ3v) is 3.55. The standard InChI is InChI=1S/C11H12BrClN2O2/c12-7-3-9(10(13)14-5-7)11(17)15-4-6-1-8(16)2-6/h3,5-6,8,16H,1-2,4H2,(H,15,17). The molecule has 0 saturated heterocycles. The lowest BCUT2D eigenvalue weighted by atomic mass is 9.82. The number of carbonyl (C=O) groups is 1. The van der Waals surface area contributed by atoms with Gasteiger partial charge in [0.25, 0.3) is 5.91 Å². The van der Waals surface area contributed by atoms with Crippen molar-refractivity contribution in [2.45, 2.75) is 18.9 Å². The first-order valence-electron chi connectivity index (χ1n) is 5.33. The van der Waals surface area contributed by atoms with Crippen LogP contribution in [0, 0.1) is 5.92 Å². The minimum absolute atomic E-state index is 0.194. The Morgan fingerprint density at radius 3 is 3.00 bits per heavy atom. The van der Waals surface area contributed by atoms with Gasteiger partial charge in [0.2, 0.25) is 0 Å². The zero-order chi connectivity index (χ0) is 12.4. The van der Waals surface area contributed by atoms with E-state index < -0.39 is 0 Å². The van der Waals surface area contributed by atoms with Gasteiger partial charge >= 0.3 is 0 Å². The van der Waals surface area contributed by atoms with E-state index in [0.29, 0.717) is 22.5 Å². The molecule has 1 aromatic rings. The summed E-state index contributed by atoms with van der Waals surface area (Å²) in [6.07, 6.45) is 2.85. The molecule has 0 aromatic carbocycles. The molecule has 2 rings (SSSR count). The Morgan fingerprint density at radius 1 is 1.65 bits per heavy atom. The van der Waals surface area contributed by atoms with Crippen LogP contribution in [-0.2, 0) is 0 Å². The van der Waals surface area contributed by atoms with Crippen LogP contribution in [0.1, 0.15) is 23.2 Å². The molecule has 17 heavy (non-hydrogen) atoms. The predicted octanol–water partition coefficient (Wildman–Crippen LogP) is 2.00. The first kappa shape index (κ1) is 12.8. The van der Waals surface area contributed by atoms with E-state index in [4.69, 9.17) is 16.7 Å². The molecule has 1 aliphatic rings. The molecule has 2 N–H and O–H groups in total. The Balaban J connectivity index is 1.92. The van der Waals surface area contributed by atoms with E-state index in [1.807, 2.05) is 0 Å². The second kappa shape index (κ2) is 5.33. The Hall–Kier alpha value is -0.650. The van der Waals surface area contributed by atoms with E-state index in [9.17, 15) is 4.79 Å². The summed E-state index contributed by atoms with van der Waals surface area (Å²) in [5.41, 5.74) is 0.362. The smallest absolute Gasteiger partial charge is 0.254 e. The van der Waals surface area contributed by atoms with E-state index in [0.717, 1.165) is 12.8 Å². The predicted molar refractivity (Wildman–Crippen MR) is 68.0 cm³/mol. The summed E-state index contributed by atoms with van der Waals surface area (Å²) in [4.78, 5) is 15.7. The van der Waals surface area contributed by atoms with Gasteiger partial charge in [0.05, 0.1) is 11.7 Å². The molecule has 0 spiro atoms. The van der Waals surface area contributed by atoms with Crippen LogP contribution >= 0.6 is 27.5 Å². The zero-order valence-corrected chi connectivity index (χ0v) is 11.3. The largest absolute Gasteiger partial charge is 0.393 e. The number of rotatable bonds is 3. The summed E-state index contributed by atoms with van der Waals surface area (Å²) >= 11 is 9.09. The number of aromatic nitrogens is 1. The van der Waals surface area contributed by atoms with E-state index >= 15 is 0 Å². The molecule has 0 radical (unpaired) electrons. The average molecular weight is 320 g/mol. The van der Waals surface area contributed by atoms with Crippen molar-refractivity contribution in [3.63, 3.8) is 0 Å². The van der Waals surface area contributed by atoms with Crippen LogP contribution in [0.15, 0.2) is 16.7 Å². The van der Waals surface area contributed by atoms with Crippen molar-refractivity contribution in [2.24, 2.45) is 5.92 Å². The highest BCUT2D eigenvalue weighted by molar-refractivity contribution is 9.10. The highest BCUT2D eigenvalue weighted by Gasteiger charge is 2.27. The maximum Gasteiger partial charge on any atom is 0.254 e. The maximum atomic E-state index is 11.8. The van der Waals surface area contributed by atoms with Crippen molar-refractivity contribution in [3.05, 3.63) is 27.5 Å². The monoisotopic (exact) mass is 318 g/mol. The molecule has 0 aliphatic heterocycles. The number of aliphatic hydroxyl groups is 1. The SMILES string of the molecule is O=C(NCC1CC(O)C1)c1cc(Br)cnc1Cl. The minimum Gasteiger partial charge on any atom is -0.393 e. The molecule has 92 valence electrons. The molecule has 0 bridgehead atoms. The van der Waals surface area contributed by atoms with E-state index in [1.165, 1.54) is 0 Å². The molecule has 4 nitrogen and oxygen atoms in total. The van der Waals surface area contributed by atoms with Gasteiger partial charge in [0.15, 0.2) is 0 Å². The number of nitrogens with one attached hydrogen (secondary N) is 1. The summed E-state index contributed by atoms with van der Waals surface area (Å²) in [5.74, 6) is 0.137. The summed E-state index contributed by atoms with van der Waals surface area (Å²) < 4.78 is 0.714. The van der Waals surface area contributed by atoms with E-state index in [2.05, 4.69) is 26.2 Å². The van der Waals surface area contributed by atoms with Gasteiger partial charge in [-0.2, -0.15) is 0 Å². The van der Waals surface area contributed by atoms with Crippen molar-refractivity contribution >= 4 is 33.4 Å². The molecule has 1 amide bonds. The molecule has 0 unspecified atom stereocenters. The summed E-state index contributed by atoms with van der Waals surface area (Å²) in [7, 11) is 0. The number of hydrogen-bond acceptors (Lipinski definition) is 3. The Morgan fingerprint density at radius 2 is 2.35 bits per heavy atom. The zero-order valence-electron chi connectivity index (χ0n) is 8.99. The molecule has 1 heterocycles. The van der Waals surface area contributed by atoms with Crippen LogP contribution in [0.5, 0.6) is 0 Å². The first-order valence-corrected chi connectivity index (χ1v) is 6.50. The van der Waals surface area contributed by atoms with Crippen molar-refractivity contribution in [1.29, 1.82) is 0 Å². The third kappa shape index (κ3) is 3.18.